The lowest BCUT2D eigenvalue weighted by atomic mass is 9.85. The van der Waals surface area contributed by atoms with E-state index >= 15 is 0 Å². The van der Waals surface area contributed by atoms with E-state index in [1.165, 1.54) is 0 Å². The molecule has 14 heavy (non-hydrogen) atoms. The lowest BCUT2D eigenvalue weighted by Crippen LogP contribution is -2.16. The topological polar surface area (TPSA) is 43.4 Å². The third-order valence-corrected chi connectivity index (χ3v) is 3.46. The number of hydrogen-bond acceptors (Lipinski definition) is 3. The maximum Gasteiger partial charge on any atom is 0.264 e. The fraction of sp³-hybridized carbons (Fsp3) is 1.00. The van der Waals surface area contributed by atoms with Crippen LogP contribution in [0.5, 0.6) is 0 Å². The van der Waals surface area contributed by atoms with Gasteiger partial charge in [-0.2, -0.15) is 8.42 Å². The Morgan fingerprint density at radius 2 is 1.93 bits per heavy atom. The zero-order valence-electron chi connectivity index (χ0n) is 8.77. The molecule has 0 aromatic heterocycles. The highest BCUT2D eigenvalue weighted by molar-refractivity contribution is 7.85. The van der Waals surface area contributed by atoms with Crippen LogP contribution >= 0.6 is 0 Å². The van der Waals surface area contributed by atoms with Crippen LogP contribution in [-0.2, 0) is 14.3 Å². The third kappa shape index (κ3) is 3.61. The molecule has 1 saturated carbocycles. The van der Waals surface area contributed by atoms with Gasteiger partial charge in [0.25, 0.3) is 10.1 Å². The van der Waals surface area contributed by atoms with Crippen molar-refractivity contribution in [2.24, 2.45) is 11.8 Å². The Balaban J connectivity index is 2.44. The molecule has 1 rings (SSSR count). The normalized spacial score (nSPS) is 33.4. The molecule has 0 aromatic rings. The Bertz CT molecular complexity index is 276. The SMILES string of the molecule is [B]C1CC(CC)C(COS(C)(=O)=O)C1. The first-order valence-corrected chi connectivity index (χ1v) is 6.84. The molecule has 0 bridgehead atoms. The van der Waals surface area contributed by atoms with Crippen LogP contribution in [0, 0.1) is 11.8 Å². The van der Waals surface area contributed by atoms with Crippen LogP contribution in [0.15, 0.2) is 0 Å². The second-order valence-electron chi connectivity index (χ2n) is 4.15. The Kier molecular flexibility index (Phi) is 4.01. The molecule has 80 valence electrons. The molecule has 3 atom stereocenters. The zero-order chi connectivity index (χ0) is 10.8. The highest BCUT2D eigenvalue weighted by Crippen LogP contribution is 2.40. The van der Waals surface area contributed by atoms with Crippen LogP contribution in [0.25, 0.3) is 0 Å². The Morgan fingerprint density at radius 1 is 1.36 bits per heavy atom. The molecule has 3 unspecified atom stereocenters. The minimum atomic E-state index is -3.30. The lowest BCUT2D eigenvalue weighted by Gasteiger charge is -2.16. The minimum absolute atomic E-state index is 0.216. The summed E-state index contributed by atoms with van der Waals surface area (Å²) in [5, 5.41) is 0. The van der Waals surface area contributed by atoms with Crippen LogP contribution in [0.4, 0.5) is 0 Å². The summed E-state index contributed by atoms with van der Waals surface area (Å²) in [4.78, 5) is 0. The van der Waals surface area contributed by atoms with Gasteiger partial charge in [-0.15, -0.1) is 0 Å². The van der Waals surface area contributed by atoms with Crippen molar-refractivity contribution in [3.63, 3.8) is 0 Å². The van der Waals surface area contributed by atoms with E-state index < -0.39 is 10.1 Å². The van der Waals surface area contributed by atoms with E-state index in [1.807, 2.05) is 0 Å². The predicted molar refractivity (Wildman–Crippen MR) is 56.8 cm³/mol. The molecule has 0 amide bonds. The van der Waals surface area contributed by atoms with Gasteiger partial charge in [-0.25, -0.2) is 0 Å². The van der Waals surface area contributed by atoms with Crippen molar-refractivity contribution in [3.8, 4) is 0 Å². The molecule has 1 aliphatic carbocycles. The van der Waals surface area contributed by atoms with Gasteiger partial charge in [0.2, 0.25) is 0 Å². The van der Waals surface area contributed by atoms with Crippen LogP contribution in [-0.4, -0.2) is 29.1 Å². The molecule has 0 heterocycles. The summed E-state index contributed by atoms with van der Waals surface area (Å²) in [5.74, 6) is 1.05. The highest BCUT2D eigenvalue weighted by atomic mass is 32.2. The average Bonchev–Trinajstić information content (AvgIpc) is 2.41. The standard InChI is InChI=1S/C9H17BO3S/c1-3-7-4-9(10)5-8(7)6-13-14(2,11)12/h7-9H,3-6H2,1-2H3. The van der Waals surface area contributed by atoms with Crippen molar-refractivity contribution >= 4 is 18.0 Å². The Labute approximate surface area is 87.8 Å². The van der Waals surface area contributed by atoms with Crippen molar-refractivity contribution < 1.29 is 12.6 Å². The maximum absolute atomic E-state index is 10.8. The first kappa shape index (κ1) is 12.0. The van der Waals surface area contributed by atoms with Gasteiger partial charge in [-0.1, -0.05) is 32.0 Å². The van der Waals surface area contributed by atoms with Crippen LogP contribution in [0.3, 0.4) is 0 Å². The largest absolute Gasteiger partial charge is 0.270 e. The van der Waals surface area contributed by atoms with Crippen LogP contribution in [0.2, 0.25) is 5.82 Å². The van der Waals surface area contributed by atoms with Gasteiger partial charge in [0.15, 0.2) is 0 Å². The third-order valence-electron chi connectivity index (χ3n) is 2.90. The monoisotopic (exact) mass is 216 g/mol. The molecule has 0 saturated heterocycles. The first-order valence-electron chi connectivity index (χ1n) is 5.02. The van der Waals surface area contributed by atoms with E-state index in [-0.39, 0.29) is 5.82 Å². The van der Waals surface area contributed by atoms with Gasteiger partial charge in [-0.05, 0) is 11.8 Å². The molecule has 0 aliphatic heterocycles. The zero-order valence-corrected chi connectivity index (χ0v) is 9.59. The van der Waals surface area contributed by atoms with Crippen molar-refractivity contribution in [1.29, 1.82) is 0 Å². The summed E-state index contributed by atoms with van der Waals surface area (Å²) >= 11 is 0. The van der Waals surface area contributed by atoms with E-state index in [1.54, 1.807) is 0 Å². The number of hydrogen-bond donors (Lipinski definition) is 0. The molecule has 1 fully saturated rings. The smallest absolute Gasteiger partial charge is 0.264 e. The summed E-state index contributed by atoms with van der Waals surface area (Å²) in [6.07, 6.45) is 4.01. The molecule has 2 radical (unpaired) electrons. The van der Waals surface area contributed by atoms with Gasteiger partial charge in [0.05, 0.1) is 20.7 Å². The average molecular weight is 216 g/mol. The molecular weight excluding hydrogens is 199 g/mol. The second-order valence-corrected chi connectivity index (χ2v) is 5.79. The Morgan fingerprint density at radius 3 is 2.43 bits per heavy atom. The Hall–Kier alpha value is -0.0251. The number of rotatable bonds is 4. The minimum Gasteiger partial charge on any atom is -0.270 e. The van der Waals surface area contributed by atoms with Gasteiger partial charge in [0.1, 0.15) is 0 Å². The summed E-state index contributed by atoms with van der Waals surface area (Å²) in [6.45, 7) is 2.40. The van der Waals surface area contributed by atoms with E-state index in [4.69, 9.17) is 12.0 Å². The first-order chi connectivity index (χ1) is 6.42. The van der Waals surface area contributed by atoms with Crippen molar-refractivity contribution in [1.82, 2.24) is 0 Å². The fourth-order valence-electron chi connectivity index (χ4n) is 2.17. The molecule has 0 aromatic carbocycles. The summed E-state index contributed by atoms with van der Waals surface area (Å²) < 4.78 is 26.4. The van der Waals surface area contributed by atoms with Crippen LogP contribution in [0.1, 0.15) is 26.2 Å². The van der Waals surface area contributed by atoms with E-state index in [0.29, 0.717) is 18.4 Å². The lowest BCUT2D eigenvalue weighted by molar-refractivity contribution is 0.218. The summed E-state index contributed by atoms with van der Waals surface area (Å²) in [6, 6.07) is 0. The molecule has 0 N–H and O–H groups in total. The van der Waals surface area contributed by atoms with Crippen LogP contribution < -0.4 is 0 Å². The quantitative estimate of drug-likeness (QED) is 0.526. The van der Waals surface area contributed by atoms with Gasteiger partial charge in [0, 0.05) is 0 Å². The molecular formula is C9H17BO3S. The van der Waals surface area contributed by atoms with E-state index in [0.717, 1.165) is 25.5 Å². The molecule has 0 spiro atoms. The van der Waals surface area contributed by atoms with Gasteiger partial charge < -0.3 is 0 Å². The van der Waals surface area contributed by atoms with E-state index in [2.05, 4.69) is 6.92 Å². The summed E-state index contributed by atoms with van der Waals surface area (Å²) in [7, 11) is 2.52. The van der Waals surface area contributed by atoms with Gasteiger partial charge >= 0.3 is 0 Å². The van der Waals surface area contributed by atoms with E-state index in [9.17, 15) is 8.42 Å². The maximum atomic E-state index is 10.8. The molecule has 3 nitrogen and oxygen atoms in total. The fourth-order valence-corrected chi connectivity index (χ4v) is 2.60. The molecule has 5 heteroatoms. The second kappa shape index (κ2) is 4.66. The molecule has 1 aliphatic rings. The van der Waals surface area contributed by atoms with Crippen molar-refractivity contribution in [3.05, 3.63) is 0 Å². The summed E-state index contributed by atoms with van der Waals surface area (Å²) in [5.41, 5.74) is 0. The van der Waals surface area contributed by atoms with Gasteiger partial charge in [-0.3, -0.25) is 4.18 Å². The predicted octanol–water partition coefficient (Wildman–Crippen LogP) is 1.36. The van der Waals surface area contributed by atoms with Crippen molar-refractivity contribution in [2.45, 2.75) is 32.0 Å². The highest BCUT2D eigenvalue weighted by Gasteiger charge is 2.31. The van der Waals surface area contributed by atoms with Crippen molar-refractivity contribution in [2.75, 3.05) is 12.9 Å².